The molecule has 1 saturated heterocycles. The lowest BCUT2D eigenvalue weighted by molar-refractivity contribution is -0.137. The average molecular weight is 401 g/mol. The molecule has 1 aliphatic rings. The van der Waals surface area contributed by atoms with Crippen LogP contribution in [0.5, 0.6) is 0 Å². The van der Waals surface area contributed by atoms with Gasteiger partial charge in [0, 0.05) is 51.9 Å². The molecule has 0 aliphatic carbocycles. The topological polar surface area (TPSA) is 78.0 Å². The molecule has 2 rings (SSSR count). The zero-order valence-corrected chi connectivity index (χ0v) is 15.8. The Morgan fingerprint density at radius 3 is 2.29 bits per heavy atom. The molecule has 156 valence electrons. The summed E-state index contributed by atoms with van der Waals surface area (Å²) >= 11 is 0. The number of carbonyl (C=O) groups is 1. The zero-order valence-electron chi connectivity index (χ0n) is 15.8. The Hall–Kier alpha value is -2.33. The highest BCUT2D eigenvalue weighted by Crippen LogP contribution is 2.28. The molecule has 0 bridgehead atoms. The summed E-state index contributed by atoms with van der Waals surface area (Å²) in [4.78, 5) is 18.4. The van der Waals surface area contributed by atoms with Crippen molar-refractivity contribution in [2.45, 2.75) is 6.18 Å². The summed E-state index contributed by atoms with van der Waals surface area (Å²) in [6.45, 7) is 5.71. The van der Waals surface area contributed by atoms with Crippen LogP contribution in [0.15, 0.2) is 29.3 Å². The molecular weight excluding hydrogens is 375 g/mol. The first-order valence-corrected chi connectivity index (χ1v) is 9.10. The van der Waals surface area contributed by atoms with E-state index in [2.05, 4.69) is 25.8 Å². The molecule has 10 heteroatoms. The number of ether oxygens (including phenoxy) is 1. The molecule has 28 heavy (non-hydrogen) atoms. The molecular formula is C18H26F3N5O2. The number of aliphatic imine (C=N–C) groups is 1. The number of halogens is 3. The first kappa shape index (κ1) is 22.0. The molecule has 0 atom stereocenters. The molecule has 1 aliphatic heterocycles. The Bertz CT molecular complexity index is 644. The van der Waals surface area contributed by atoms with E-state index in [1.54, 1.807) is 7.05 Å². The molecule has 3 N–H and O–H groups in total. The number of morpholine rings is 1. The Balaban J connectivity index is 1.64. The molecule has 0 saturated carbocycles. The van der Waals surface area contributed by atoms with Crippen LogP contribution >= 0.6 is 0 Å². The number of guanidine groups is 1. The van der Waals surface area contributed by atoms with Crippen LogP contribution in [0.4, 0.5) is 13.2 Å². The lowest BCUT2D eigenvalue weighted by atomic mass is 10.1. The highest BCUT2D eigenvalue weighted by atomic mass is 19.4. The summed E-state index contributed by atoms with van der Waals surface area (Å²) in [6.07, 6.45) is -4.41. The van der Waals surface area contributed by atoms with E-state index in [1.165, 1.54) is 0 Å². The fourth-order valence-corrected chi connectivity index (χ4v) is 2.65. The Kier molecular flexibility index (Phi) is 8.52. The summed E-state index contributed by atoms with van der Waals surface area (Å²) in [6, 6.07) is 4.12. The van der Waals surface area contributed by atoms with Gasteiger partial charge in [0.25, 0.3) is 5.91 Å². The number of hydrogen-bond acceptors (Lipinski definition) is 4. The summed E-state index contributed by atoms with van der Waals surface area (Å²) < 4.78 is 42.9. The van der Waals surface area contributed by atoms with Crippen molar-refractivity contribution in [3.63, 3.8) is 0 Å². The van der Waals surface area contributed by atoms with Crippen LogP contribution in [0.2, 0.25) is 0 Å². The van der Waals surface area contributed by atoms with Gasteiger partial charge in [0.1, 0.15) is 0 Å². The fourth-order valence-electron chi connectivity index (χ4n) is 2.65. The van der Waals surface area contributed by atoms with Crippen molar-refractivity contribution in [2.75, 3.05) is 59.5 Å². The third-order valence-electron chi connectivity index (χ3n) is 4.23. The van der Waals surface area contributed by atoms with Gasteiger partial charge in [-0.2, -0.15) is 13.2 Å². The van der Waals surface area contributed by atoms with Crippen molar-refractivity contribution < 1.29 is 22.7 Å². The average Bonchev–Trinajstić information content (AvgIpc) is 2.70. The van der Waals surface area contributed by atoms with Gasteiger partial charge in [-0.3, -0.25) is 14.7 Å². The third-order valence-corrected chi connectivity index (χ3v) is 4.23. The number of hydrogen-bond donors (Lipinski definition) is 3. The summed E-state index contributed by atoms with van der Waals surface area (Å²) in [7, 11) is 1.66. The molecule has 0 unspecified atom stereocenters. The zero-order chi connectivity index (χ0) is 20.4. The molecule has 1 aromatic carbocycles. The number of nitrogens with zero attached hydrogens (tertiary/aromatic N) is 2. The predicted molar refractivity (Wildman–Crippen MR) is 100 cm³/mol. The van der Waals surface area contributed by atoms with E-state index in [1.807, 2.05) is 0 Å². The van der Waals surface area contributed by atoms with Gasteiger partial charge in [-0.15, -0.1) is 0 Å². The van der Waals surface area contributed by atoms with E-state index in [-0.39, 0.29) is 5.56 Å². The van der Waals surface area contributed by atoms with Crippen LogP contribution in [0.25, 0.3) is 0 Å². The quantitative estimate of drug-likeness (QED) is 0.360. The van der Waals surface area contributed by atoms with Crippen molar-refractivity contribution in [1.82, 2.24) is 20.9 Å². The Morgan fingerprint density at radius 1 is 1.07 bits per heavy atom. The van der Waals surface area contributed by atoms with E-state index in [0.717, 1.165) is 63.7 Å². The highest BCUT2D eigenvalue weighted by molar-refractivity contribution is 5.94. The van der Waals surface area contributed by atoms with Gasteiger partial charge in [0.15, 0.2) is 5.96 Å². The number of carbonyl (C=O) groups excluding carboxylic acids is 1. The molecule has 1 fully saturated rings. The lowest BCUT2D eigenvalue weighted by Crippen LogP contribution is -2.45. The van der Waals surface area contributed by atoms with E-state index in [4.69, 9.17) is 4.74 Å². The van der Waals surface area contributed by atoms with Gasteiger partial charge in [0.05, 0.1) is 18.8 Å². The van der Waals surface area contributed by atoms with Crippen LogP contribution in [0.1, 0.15) is 15.9 Å². The largest absolute Gasteiger partial charge is 0.416 e. The van der Waals surface area contributed by atoms with Crippen molar-refractivity contribution in [2.24, 2.45) is 4.99 Å². The minimum atomic E-state index is -4.41. The number of nitrogens with one attached hydrogen (secondary N) is 3. The van der Waals surface area contributed by atoms with Gasteiger partial charge in [0.2, 0.25) is 0 Å². The molecule has 0 radical (unpaired) electrons. The van der Waals surface area contributed by atoms with E-state index in [9.17, 15) is 18.0 Å². The van der Waals surface area contributed by atoms with Crippen LogP contribution in [0.3, 0.4) is 0 Å². The second-order valence-corrected chi connectivity index (χ2v) is 6.21. The van der Waals surface area contributed by atoms with Gasteiger partial charge >= 0.3 is 6.18 Å². The minimum Gasteiger partial charge on any atom is -0.379 e. The van der Waals surface area contributed by atoms with Crippen molar-refractivity contribution in [1.29, 1.82) is 0 Å². The molecule has 1 heterocycles. The van der Waals surface area contributed by atoms with Gasteiger partial charge in [-0.05, 0) is 24.3 Å². The molecule has 1 amide bonds. The Morgan fingerprint density at radius 2 is 1.68 bits per heavy atom. The maximum absolute atomic E-state index is 12.5. The van der Waals surface area contributed by atoms with Gasteiger partial charge < -0.3 is 20.7 Å². The van der Waals surface area contributed by atoms with Crippen molar-refractivity contribution in [3.05, 3.63) is 35.4 Å². The van der Waals surface area contributed by atoms with E-state index in [0.29, 0.717) is 19.0 Å². The smallest absolute Gasteiger partial charge is 0.379 e. The highest BCUT2D eigenvalue weighted by Gasteiger charge is 2.30. The van der Waals surface area contributed by atoms with Crippen molar-refractivity contribution >= 4 is 11.9 Å². The minimum absolute atomic E-state index is 0.181. The maximum atomic E-state index is 12.5. The molecule has 0 spiro atoms. The lowest BCUT2D eigenvalue weighted by Gasteiger charge is -2.26. The first-order valence-electron chi connectivity index (χ1n) is 9.10. The van der Waals surface area contributed by atoms with E-state index < -0.39 is 17.6 Å². The normalized spacial score (nSPS) is 15.9. The number of amides is 1. The van der Waals surface area contributed by atoms with Crippen molar-refractivity contribution in [3.8, 4) is 0 Å². The van der Waals surface area contributed by atoms with Crippen LogP contribution in [-0.2, 0) is 10.9 Å². The van der Waals surface area contributed by atoms with Crippen LogP contribution < -0.4 is 16.0 Å². The standard InChI is InChI=1S/C18H26F3N5O2/c1-22-17(25-8-9-26-10-12-28-13-11-26)24-7-6-23-16(27)14-2-4-15(5-3-14)18(19,20)21/h2-5H,6-13H2,1H3,(H,23,27)(H2,22,24,25). The second kappa shape index (κ2) is 10.9. The van der Waals surface area contributed by atoms with Gasteiger partial charge in [-0.1, -0.05) is 0 Å². The first-order chi connectivity index (χ1) is 13.4. The monoisotopic (exact) mass is 401 g/mol. The third kappa shape index (κ3) is 7.35. The molecule has 0 aromatic heterocycles. The van der Waals surface area contributed by atoms with E-state index >= 15 is 0 Å². The fraction of sp³-hybridized carbons (Fsp3) is 0.556. The molecule has 7 nitrogen and oxygen atoms in total. The Labute approximate surface area is 162 Å². The van der Waals surface area contributed by atoms with Crippen LogP contribution in [0, 0.1) is 0 Å². The summed E-state index contributed by atoms with van der Waals surface area (Å²) in [5.74, 6) is 0.197. The van der Waals surface area contributed by atoms with Gasteiger partial charge in [-0.25, -0.2) is 0 Å². The second-order valence-electron chi connectivity index (χ2n) is 6.21. The molecule has 1 aromatic rings. The summed E-state index contributed by atoms with van der Waals surface area (Å²) in [5.41, 5.74) is -0.598. The number of benzene rings is 1. The maximum Gasteiger partial charge on any atom is 0.416 e. The SMILES string of the molecule is CN=C(NCCNC(=O)c1ccc(C(F)(F)F)cc1)NCCN1CCOCC1. The summed E-state index contributed by atoms with van der Waals surface area (Å²) in [5, 5.41) is 8.93. The number of alkyl halides is 3. The number of rotatable bonds is 7. The predicted octanol–water partition coefficient (Wildman–Crippen LogP) is 0.932. The van der Waals surface area contributed by atoms with Crippen LogP contribution in [-0.4, -0.2) is 76.3 Å².